The minimum Gasteiger partial charge on any atom is -0.459 e. The molecular formula is C22H23NO5. The predicted molar refractivity (Wildman–Crippen MR) is 107 cm³/mol. The number of aryl methyl sites for hydroxylation is 1. The predicted octanol–water partition coefficient (Wildman–Crippen LogP) is 3.76. The highest BCUT2D eigenvalue weighted by atomic mass is 16.5. The van der Waals surface area contributed by atoms with E-state index in [9.17, 15) is 14.4 Å². The Labute approximate surface area is 164 Å². The molecule has 28 heavy (non-hydrogen) atoms. The molecule has 0 aliphatic carbocycles. The van der Waals surface area contributed by atoms with Crippen LogP contribution in [0.4, 0.5) is 5.69 Å². The number of carbonyl (C=O) groups is 3. The highest BCUT2D eigenvalue weighted by Gasteiger charge is 2.10. The van der Waals surface area contributed by atoms with Crippen molar-refractivity contribution in [1.29, 1.82) is 0 Å². The Hall–Kier alpha value is -3.41. The van der Waals surface area contributed by atoms with Gasteiger partial charge in [-0.2, -0.15) is 0 Å². The number of amides is 1. The molecule has 146 valence electrons. The lowest BCUT2D eigenvalue weighted by molar-refractivity contribution is -0.142. The van der Waals surface area contributed by atoms with Crippen LogP contribution < -0.4 is 5.32 Å². The Balaban J connectivity index is 1.80. The topological polar surface area (TPSA) is 81.7 Å². The van der Waals surface area contributed by atoms with Crippen molar-refractivity contribution in [3.05, 3.63) is 71.3 Å². The highest BCUT2D eigenvalue weighted by Crippen LogP contribution is 2.11. The molecule has 0 heterocycles. The maximum absolute atomic E-state index is 11.9. The number of rotatable bonds is 7. The van der Waals surface area contributed by atoms with Gasteiger partial charge in [-0.05, 0) is 56.7 Å². The van der Waals surface area contributed by atoms with E-state index in [1.54, 1.807) is 44.2 Å². The number of ether oxygens (including phenoxy) is 2. The zero-order chi connectivity index (χ0) is 20.5. The first kappa shape index (κ1) is 20.9. The fraction of sp³-hybridized carbons (Fsp3) is 0.227. The number of benzene rings is 2. The van der Waals surface area contributed by atoms with Crippen LogP contribution in [-0.2, 0) is 19.1 Å². The van der Waals surface area contributed by atoms with Gasteiger partial charge in [0.1, 0.15) is 0 Å². The lowest BCUT2D eigenvalue weighted by atomic mass is 10.1. The molecule has 0 spiro atoms. The van der Waals surface area contributed by atoms with Crippen molar-refractivity contribution >= 4 is 29.6 Å². The fourth-order valence-corrected chi connectivity index (χ4v) is 2.29. The second-order valence-electron chi connectivity index (χ2n) is 6.43. The first-order valence-corrected chi connectivity index (χ1v) is 8.86. The maximum Gasteiger partial charge on any atom is 0.338 e. The van der Waals surface area contributed by atoms with E-state index < -0.39 is 24.5 Å². The average molecular weight is 381 g/mol. The van der Waals surface area contributed by atoms with Crippen LogP contribution in [0.5, 0.6) is 0 Å². The lowest BCUT2D eigenvalue weighted by Gasteiger charge is -2.09. The van der Waals surface area contributed by atoms with Crippen molar-refractivity contribution < 1.29 is 23.9 Å². The molecule has 2 rings (SSSR count). The van der Waals surface area contributed by atoms with Gasteiger partial charge in [-0.3, -0.25) is 4.79 Å². The molecule has 6 heteroatoms. The molecule has 0 unspecified atom stereocenters. The molecule has 1 amide bonds. The minimum absolute atomic E-state index is 0.207. The van der Waals surface area contributed by atoms with Gasteiger partial charge in [-0.1, -0.05) is 29.8 Å². The van der Waals surface area contributed by atoms with Gasteiger partial charge in [0.2, 0.25) is 0 Å². The van der Waals surface area contributed by atoms with E-state index in [0.29, 0.717) is 11.3 Å². The summed E-state index contributed by atoms with van der Waals surface area (Å²) in [5, 5.41) is 2.59. The maximum atomic E-state index is 11.9. The minimum atomic E-state index is -0.608. The first-order chi connectivity index (χ1) is 13.3. The van der Waals surface area contributed by atoms with Crippen molar-refractivity contribution in [2.45, 2.75) is 26.9 Å². The molecule has 0 fully saturated rings. The Kier molecular flexibility index (Phi) is 7.51. The van der Waals surface area contributed by atoms with Gasteiger partial charge in [0.05, 0.1) is 11.7 Å². The van der Waals surface area contributed by atoms with E-state index >= 15 is 0 Å². The summed E-state index contributed by atoms with van der Waals surface area (Å²) in [6, 6.07) is 13.9. The van der Waals surface area contributed by atoms with Crippen LogP contribution in [0.15, 0.2) is 54.6 Å². The zero-order valence-corrected chi connectivity index (χ0v) is 16.1. The van der Waals surface area contributed by atoms with Crippen molar-refractivity contribution in [3.63, 3.8) is 0 Å². The number of carbonyl (C=O) groups excluding carboxylic acids is 3. The molecule has 0 radical (unpaired) electrons. The van der Waals surface area contributed by atoms with E-state index in [1.165, 1.54) is 6.08 Å². The van der Waals surface area contributed by atoms with Crippen LogP contribution in [-0.4, -0.2) is 30.6 Å². The molecule has 1 N–H and O–H groups in total. The summed E-state index contributed by atoms with van der Waals surface area (Å²) in [4.78, 5) is 35.4. The smallest absolute Gasteiger partial charge is 0.338 e. The molecular weight excluding hydrogens is 358 g/mol. The highest BCUT2D eigenvalue weighted by molar-refractivity contribution is 5.95. The zero-order valence-electron chi connectivity index (χ0n) is 16.1. The standard InChI is InChI=1S/C22H23NO5/c1-15(2)28-22(26)18-8-10-19(11-9-18)23-20(24)14-27-21(25)12-7-17-6-4-5-16(3)13-17/h4-13,15H,14H2,1-3H3,(H,23,24)/b12-7+. The van der Waals surface area contributed by atoms with Crippen molar-refractivity contribution in [1.82, 2.24) is 0 Å². The molecule has 2 aromatic carbocycles. The summed E-state index contributed by atoms with van der Waals surface area (Å²) < 4.78 is 10.0. The van der Waals surface area contributed by atoms with Crippen LogP contribution in [0, 0.1) is 6.92 Å². The lowest BCUT2D eigenvalue weighted by Crippen LogP contribution is -2.20. The summed E-state index contributed by atoms with van der Waals surface area (Å²) in [5.74, 6) is -1.51. The molecule has 0 aliphatic rings. The van der Waals surface area contributed by atoms with E-state index in [0.717, 1.165) is 11.1 Å². The summed E-state index contributed by atoms with van der Waals surface area (Å²) in [7, 11) is 0. The second kappa shape index (κ2) is 10.1. The summed E-state index contributed by atoms with van der Waals surface area (Å²) >= 11 is 0. The Bertz CT molecular complexity index is 869. The molecule has 2 aromatic rings. The molecule has 0 bridgehead atoms. The number of esters is 2. The fourth-order valence-electron chi connectivity index (χ4n) is 2.29. The molecule has 0 aromatic heterocycles. The average Bonchev–Trinajstić information content (AvgIpc) is 2.65. The quantitative estimate of drug-likeness (QED) is 0.583. The molecule has 0 saturated carbocycles. The monoisotopic (exact) mass is 381 g/mol. The normalized spacial score (nSPS) is 10.7. The van der Waals surface area contributed by atoms with Crippen molar-refractivity contribution in [3.8, 4) is 0 Å². The molecule has 0 atom stereocenters. The first-order valence-electron chi connectivity index (χ1n) is 8.86. The molecule has 0 aliphatic heterocycles. The van der Waals surface area contributed by atoms with E-state index in [4.69, 9.17) is 9.47 Å². The number of hydrogen-bond acceptors (Lipinski definition) is 5. The number of anilines is 1. The van der Waals surface area contributed by atoms with Crippen molar-refractivity contribution in [2.24, 2.45) is 0 Å². The SMILES string of the molecule is Cc1cccc(/C=C/C(=O)OCC(=O)Nc2ccc(C(=O)OC(C)C)cc2)c1. The van der Waals surface area contributed by atoms with Gasteiger partial charge in [-0.25, -0.2) is 9.59 Å². The number of nitrogens with one attached hydrogen (secondary N) is 1. The van der Waals surface area contributed by atoms with Gasteiger partial charge in [0.25, 0.3) is 5.91 Å². The van der Waals surface area contributed by atoms with Crippen LogP contribution in [0.2, 0.25) is 0 Å². The van der Waals surface area contributed by atoms with E-state index in [-0.39, 0.29) is 6.10 Å². The Morgan fingerprint density at radius 2 is 1.79 bits per heavy atom. The molecule has 0 saturated heterocycles. The molecule has 6 nitrogen and oxygen atoms in total. The van der Waals surface area contributed by atoms with Crippen molar-refractivity contribution in [2.75, 3.05) is 11.9 Å². The van der Waals surface area contributed by atoms with Crippen LogP contribution in [0.25, 0.3) is 6.08 Å². The summed E-state index contributed by atoms with van der Waals surface area (Å²) in [5.41, 5.74) is 2.83. The third-order valence-corrected chi connectivity index (χ3v) is 3.55. The van der Waals surface area contributed by atoms with Gasteiger partial charge < -0.3 is 14.8 Å². The van der Waals surface area contributed by atoms with Crippen LogP contribution in [0.3, 0.4) is 0 Å². The number of hydrogen-bond donors (Lipinski definition) is 1. The Morgan fingerprint density at radius 3 is 2.43 bits per heavy atom. The van der Waals surface area contributed by atoms with Gasteiger partial charge in [0, 0.05) is 11.8 Å². The third kappa shape index (κ3) is 7.07. The van der Waals surface area contributed by atoms with Gasteiger partial charge in [0.15, 0.2) is 6.61 Å². The third-order valence-electron chi connectivity index (χ3n) is 3.55. The van der Waals surface area contributed by atoms with Gasteiger partial charge in [-0.15, -0.1) is 0 Å². The van der Waals surface area contributed by atoms with E-state index in [1.807, 2.05) is 31.2 Å². The second-order valence-corrected chi connectivity index (χ2v) is 6.43. The van der Waals surface area contributed by atoms with Gasteiger partial charge >= 0.3 is 11.9 Å². The van der Waals surface area contributed by atoms with Crippen LogP contribution in [0.1, 0.15) is 35.3 Å². The largest absolute Gasteiger partial charge is 0.459 e. The van der Waals surface area contributed by atoms with Crippen LogP contribution >= 0.6 is 0 Å². The summed E-state index contributed by atoms with van der Waals surface area (Å²) in [6.07, 6.45) is 2.70. The van der Waals surface area contributed by atoms with E-state index in [2.05, 4.69) is 5.32 Å². The Morgan fingerprint density at radius 1 is 1.07 bits per heavy atom. The summed E-state index contributed by atoms with van der Waals surface area (Å²) in [6.45, 7) is 5.08.